The van der Waals surface area contributed by atoms with Gasteiger partial charge in [0, 0.05) is 5.56 Å². The zero-order valence-corrected chi connectivity index (χ0v) is 10.2. The third-order valence-electron chi connectivity index (χ3n) is 2.42. The number of alkyl halides is 1. The fourth-order valence-corrected chi connectivity index (χ4v) is 2.44. The van der Waals surface area contributed by atoms with Gasteiger partial charge < -0.3 is 9.47 Å². The minimum atomic E-state index is -0.526. The standard InChI is InChI=1S/C11H13IO2/c1-9(12)11(13-7-8-14-11)10-5-3-2-4-6-10/h2-6,9H,7-8H2,1H3. The van der Waals surface area contributed by atoms with Gasteiger partial charge in [0.05, 0.1) is 17.1 Å². The normalized spacial score (nSPS) is 22.1. The Bertz CT molecular complexity index is 291. The lowest BCUT2D eigenvalue weighted by molar-refractivity contribution is -0.159. The van der Waals surface area contributed by atoms with Crippen molar-refractivity contribution in [3.63, 3.8) is 0 Å². The van der Waals surface area contributed by atoms with Crippen LogP contribution in [-0.2, 0) is 15.3 Å². The second-order valence-corrected chi connectivity index (χ2v) is 5.21. The van der Waals surface area contributed by atoms with E-state index in [1.807, 2.05) is 18.2 Å². The number of halogens is 1. The van der Waals surface area contributed by atoms with Crippen molar-refractivity contribution < 1.29 is 9.47 Å². The lowest BCUT2D eigenvalue weighted by Gasteiger charge is -2.30. The molecule has 0 aliphatic carbocycles. The SMILES string of the molecule is CC(I)C1(c2ccccc2)OCCO1. The molecule has 2 rings (SSSR count). The van der Waals surface area contributed by atoms with Crippen molar-refractivity contribution in [1.29, 1.82) is 0 Å². The zero-order chi connectivity index (χ0) is 10.0. The number of rotatable bonds is 2. The van der Waals surface area contributed by atoms with E-state index in [1.54, 1.807) is 0 Å². The molecule has 1 aromatic rings. The summed E-state index contributed by atoms with van der Waals surface area (Å²) in [6.07, 6.45) is 0. The molecule has 1 unspecified atom stereocenters. The number of hydrogen-bond donors (Lipinski definition) is 0. The number of benzene rings is 1. The Morgan fingerprint density at radius 2 is 1.79 bits per heavy atom. The van der Waals surface area contributed by atoms with E-state index >= 15 is 0 Å². The maximum atomic E-state index is 5.76. The summed E-state index contributed by atoms with van der Waals surface area (Å²) >= 11 is 2.35. The average molecular weight is 304 g/mol. The minimum Gasteiger partial charge on any atom is -0.343 e. The van der Waals surface area contributed by atoms with Crippen LogP contribution in [0.3, 0.4) is 0 Å². The van der Waals surface area contributed by atoms with Crippen LogP contribution < -0.4 is 0 Å². The third-order valence-corrected chi connectivity index (χ3v) is 3.24. The van der Waals surface area contributed by atoms with Crippen molar-refractivity contribution in [3.8, 4) is 0 Å². The Morgan fingerprint density at radius 1 is 1.21 bits per heavy atom. The molecule has 14 heavy (non-hydrogen) atoms. The first kappa shape index (κ1) is 10.4. The van der Waals surface area contributed by atoms with E-state index in [0.29, 0.717) is 17.1 Å². The smallest absolute Gasteiger partial charge is 0.206 e. The highest BCUT2D eigenvalue weighted by Gasteiger charge is 2.42. The molecule has 0 radical (unpaired) electrons. The molecule has 0 N–H and O–H groups in total. The average Bonchev–Trinajstić information content (AvgIpc) is 2.69. The zero-order valence-electron chi connectivity index (χ0n) is 8.07. The Hall–Kier alpha value is -0.130. The quantitative estimate of drug-likeness (QED) is 0.618. The largest absolute Gasteiger partial charge is 0.343 e. The van der Waals surface area contributed by atoms with Gasteiger partial charge >= 0.3 is 0 Å². The van der Waals surface area contributed by atoms with E-state index in [2.05, 4.69) is 41.6 Å². The monoisotopic (exact) mass is 304 g/mol. The van der Waals surface area contributed by atoms with Gasteiger partial charge in [-0.25, -0.2) is 0 Å². The Labute approximate surface area is 97.7 Å². The van der Waals surface area contributed by atoms with Crippen LogP contribution in [0, 0.1) is 0 Å². The third kappa shape index (κ3) is 1.68. The van der Waals surface area contributed by atoms with Crippen molar-refractivity contribution in [2.75, 3.05) is 13.2 Å². The molecule has 1 aliphatic heterocycles. The van der Waals surface area contributed by atoms with Crippen molar-refractivity contribution in [2.45, 2.75) is 16.6 Å². The summed E-state index contributed by atoms with van der Waals surface area (Å²) < 4.78 is 11.8. The predicted octanol–water partition coefficient (Wildman–Crippen LogP) is 2.71. The molecule has 1 saturated heterocycles. The first-order chi connectivity index (χ1) is 6.76. The number of ether oxygens (including phenoxy) is 2. The molecule has 1 heterocycles. The van der Waals surface area contributed by atoms with Crippen LogP contribution in [0.4, 0.5) is 0 Å². The minimum absolute atomic E-state index is 0.296. The number of hydrogen-bond acceptors (Lipinski definition) is 2. The molecule has 0 aromatic heterocycles. The van der Waals surface area contributed by atoms with Crippen LogP contribution in [0.2, 0.25) is 0 Å². The molecular weight excluding hydrogens is 291 g/mol. The molecule has 1 aromatic carbocycles. The van der Waals surface area contributed by atoms with Crippen LogP contribution in [0.25, 0.3) is 0 Å². The highest BCUT2D eigenvalue weighted by molar-refractivity contribution is 14.1. The van der Waals surface area contributed by atoms with E-state index in [9.17, 15) is 0 Å². The molecule has 1 fully saturated rings. The van der Waals surface area contributed by atoms with Gasteiger partial charge in [-0.3, -0.25) is 0 Å². The van der Waals surface area contributed by atoms with Gasteiger partial charge in [0.15, 0.2) is 0 Å². The topological polar surface area (TPSA) is 18.5 Å². The first-order valence-electron chi connectivity index (χ1n) is 4.73. The molecule has 0 amide bonds. The highest BCUT2D eigenvalue weighted by Crippen LogP contribution is 2.38. The molecule has 0 bridgehead atoms. The molecule has 0 saturated carbocycles. The summed E-state index contributed by atoms with van der Waals surface area (Å²) in [6.45, 7) is 3.48. The maximum Gasteiger partial charge on any atom is 0.206 e. The molecule has 76 valence electrons. The van der Waals surface area contributed by atoms with Gasteiger partial charge in [-0.2, -0.15) is 0 Å². The predicted molar refractivity (Wildman–Crippen MR) is 63.5 cm³/mol. The Morgan fingerprint density at radius 3 is 2.29 bits per heavy atom. The van der Waals surface area contributed by atoms with Crippen molar-refractivity contribution in [3.05, 3.63) is 35.9 Å². The van der Waals surface area contributed by atoms with Crippen molar-refractivity contribution >= 4 is 22.6 Å². The fourth-order valence-electron chi connectivity index (χ4n) is 1.72. The van der Waals surface area contributed by atoms with Gasteiger partial charge in [0.1, 0.15) is 0 Å². The summed E-state index contributed by atoms with van der Waals surface area (Å²) in [4.78, 5) is 0. The Kier molecular flexibility index (Phi) is 3.09. The second kappa shape index (κ2) is 4.16. The lowest BCUT2D eigenvalue weighted by atomic mass is 10.0. The highest BCUT2D eigenvalue weighted by atomic mass is 127. The van der Waals surface area contributed by atoms with Crippen LogP contribution in [0.15, 0.2) is 30.3 Å². The van der Waals surface area contributed by atoms with Gasteiger partial charge in [-0.1, -0.05) is 52.9 Å². The molecular formula is C11H13IO2. The van der Waals surface area contributed by atoms with Gasteiger partial charge in [0.2, 0.25) is 5.79 Å². The molecule has 2 nitrogen and oxygen atoms in total. The summed E-state index contributed by atoms with van der Waals surface area (Å²) in [6, 6.07) is 10.1. The van der Waals surface area contributed by atoms with Gasteiger partial charge in [-0.05, 0) is 6.92 Å². The molecule has 0 spiro atoms. The summed E-state index contributed by atoms with van der Waals surface area (Å²) in [5, 5.41) is 0. The first-order valence-corrected chi connectivity index (χ1v) is 5.98. The van der Waals surface area contributed by atoms with Crippen LogP contribution in [0.1, 0.15) is 12.5 Å². The second-order valence-electron chi connectivity index (χ2n) is 3.35. The lowest BCUT2D eigenvalue weighted by Crippen LogP contribution is -2.35. The van der Waals surface area contributed by atoms with E-state index in [-0.39, 0.29) is 0 Å². The molecule has 3 heteroatoms. The van der Waals surface area contributed by atoms with Gasteiger partial charge in [0.25, 0.3) is 0 Å². The molecule has 1 atom stereocenters. The van der Waals surface area contributed by atoms with Crippen LogP contribution in [0.5, 0.6) is 0 Å². The van der Waals surface area contributed by atoms with Gasteiger partial charge in [-0.15, -0.1) is 0 Å². The molecule has 1 aliphatic rings. The van der Waals surface area contributed by atoms with Crippen LogP contribution >= 0.6 is 22.6 Å². The van der Waals surface area contributed by atoms with Crippen molar-refractivity contribution in [2.24, 2.45) is 0 Å². The van der Waals surface area contributed by atoms with Crippen molar-refractivity contribution in [1.82, 2.24) is 0 Å². The Balaban J connectivity index is 2.36. The van der Waals surface area contributed by atoms with E-state index in [0.717, 1.165) is 5.56 Å². The summed E-state index contributed by atoms with van der Waals surface area (Å²) in [7, 11) is 0. The summed E-state index contributed by atoms with van der Waals surface area (Å²) in [5.41, 5.74) is 1.11. The van der Waals surface area contributed by atoms with E-state index < -0.39 is 5.79 Å². The maximum absolute atomic E-state index is 5.76. The summed E-state index contributed by atoms with van der Waals surface area (Å²) in [5.74, 6) is -0.526. The van der Waals surface area contributed by atoms with Crippen LogP contribution in [-0.4, -0.2) is 17.1 Å². The fraction of sp³-hybridized carbons (Fsp3) is 0.455. The van der Waals surface area contributed by atoms with E-state index in [4.69, 9.17) is 9.47 Å². The van der Waals surface area contributed by atoms with E-state index in [1.165, 1.54) is 0 Å².